The largest absolute Gasteiger partial charge is 0.356 e. The van der Waals surface area contributed by atoms with Crippen molar-refractivity contribution in [3.8, 4) is 0 Å². The van der Waals surface area contributed by atoms with Gasteiger partial charge in [-0.1, -0.05) is 19.3 Å². The molecular formula is C21H27IN4O2S. The summed E-state index contributed by atoms with van der Waals surface area (Å²) in [4.78, 5) is 28.7. The van der Waals surface area contributed by atoms with Gasteiger partial charge in [0.15, 0.2) is 5.13 Å². The molecule has 2 aromatic rings. The Balaban J connectivity index is 1.34. The molecule has 1 aliphatic rings. The maximum atomic E-state index is 12.2. The van der Waals surface area contributed by atoms with Gasteiger partial charge >= 0.3 is 0 Å². The number of nitrogens with zero attached hydrogens (tertiary/aromatic N) is 1. The SMILES string of the molecule is O=C(Cc1csc(NC(=O)c2ccc(I)cc2)n1)NCCCNC1CCCCC1. The van der Waals surface area contributed by atoms with Crippen molar-refractivity contribution in [1.29, 1.82) is 0 Å². The van der Waals surface area contributed by atoms with Crippen LogP contribution in [0.1, 0.15) is 54.6 Å². The molecule has 0 saturated heterocycles. The highest BCUT2D eigenvalue weighted by atomic mass is 127. The molecule has 6 nitrogen and oxygen atoms in total. The van der Waals surface area contributed by atoms with Crippen LogP contribution in [0.2, 0.25) is 0 Å². The Kier molecular flexibility index (Phi) is 8.88. The third kappa shape index (κ3) is 7.67. The Morgan fingerprint density at radius 1 is 1.10 bits per heavy atom. The molecule has 1 heterocycles. The zero-order valence-electron chi connectivity index (χ0n) is 16.4. The summed E-state index contributed by atoms with van der Waals surface area (Å²) in [6.45, 7) is 1.61. The number of aromatic nitrogens is 1. The normalized spacial score (nSPS) is 14.5. The molecule has 3 N–H and O–H groups in total. The molecule has 1 saturated carbocycles. The van der Waals surface area contributed by atoms with Crippen molar-refractivity contribution >= 4 is 50.9 Å². The van der Waals surface area contributed by atoms with Crippen molar-refractivity contribution in [3.63, 3.8) is 0 Å². The maximum absolute atomic E-state index is 12.2. The van der Waals surface area contributed by atoms with Crippen LogP contribution >= 0.6 is 33.9 Å². The minimum atomic E-state index is -0.197. The average molecular weight is 526 g/mol. The lowest BCUT2D eigenvalue weighted by Gasteiger charge is -2.22. The van der Waals surface area contributed by atoms with Crippen LogP contribution in [0.5, 0.6) is 0 Å². The van der Waals surface area contributed by atoms with E-state index in [-0.39, 0.29) is 18.2 Å². The lowest BCUT2D eigenvalue weighted by Crippen LogP contribution is -2.34. The standard InChI is InChI=1S/C21H27IN4O2S/c22-16-9-7-15(8-10-16)20(28)26-21-25-18(14-29-21)13-19(27)24-12-4-11-23-17-5-2-1-3-6-17/h7-10,14,17,23H,1-6,11-13H2,(H,24,27)(H,25,26,28). The van der Waals surface area contributed by atoms with Crippen molar-refractivity contribution in [2.75, 3.05) is 18.4 Å². The van der Waals surface area contributed by atoms with E-state index in [2.05, 4.69) is 43.5 Å². The van der Waals surface area contributed by atoms with Gasteiger partial charge in [-0.2, -0.15) is 0 Å². The van der Waals surface area contributed by atoms with E-state index in [4.69, 9.17) is 0 Å². The molecule has 0 spiro atoms. The van der Waals surface area contributed by atoms with Crippen molar-refractivity contribution in [1.82, 2.24) is 15.6 Å². The lowest BCUT2D eigenvalue weighted by atomic mass is 9.95. The third-order valence-electron chi connectivity index (χ3n) is 4.93. The number of halogens is 1. The molecule has 156 valence electrons. The summed E-state index contributed by atoms with van der Waals surface area (Å²) in [6.07, 6.45) is 7.73. The minimum absolute atomic E-state index is 0.0384. The van der Waals surface area contributed by atoms with E-state index >= 15 is 0 Å². The average Bonchev–Trinajstić information content (AvgIpc) is 3.15. The number of benzene rings is 1. The van der Waals surface area contributed by atoms with Gasteiger partial charge in [-0.05, 0) is 72.7 Å². The van der Waals surface area contributed by atoms with E-state index in [9.17, 15) is 9.59 Å². The number of carbonyl (C=O) groups excluding carboxylic acids is 2. The summed E-state index contributed by atoms with van der Waals surface area (Å²) < 4.78 is 1.08. The zero-order valence-corrected chi connectivity index (χ0v) is 19.4. The van der Waals surface area contributed by atoms with Gasteiger partial charge in [0.25, 0.3) is 5.91 Å². The highest BCUT2D eigenvalue weighted by Crippen LogP contribution is 2.18. The molecule has 1 aliphatic carbocycles. The first kappa shape index (κ1) is 22.2. The number of nitrogens with one attached hydrogen (secondary N) is 3. The smallest absolute Gasteiger partial charge is 0.257 e. The van der Waals surface area contributed by atoms with Crippen molar-refractivity contribution in [2.24, 2.45) is 0 Å². The number of amides is 2. The maximum Gasteiger partial charge on any atom is 0.257 e. The fraction of sp³-hybridized carbons (Fsp3) is 0.476. The van der Waals surface area contributed by atoms with Crippen LogP contribution in [0.3, 0.4) is 0 Å². The molecular weight excluding hydrogens is 499 g/mol. The summed E-state index contributed by atoms with van der Waals surface area (Å²) in [5.41, 5.74) is 1.26. The Morgan fingerprint density at radius 2 is 1.86 bits per heavy atom. The van der Waals surface area contributed by atoms with E-state index in [1.807, 2.05) is 17.5 Å². The predicted octanol–water partition coefficient (Wildman–Crippen LogP) is 3.97. The first-order valence-corrected chi connectivity index (χ1v) is 12.1. The van der Waals surface area contributed by atoms with E-state index in [0.717, 1.165) is 16.5 Å². The summed E-state index contributed by atoms with van der Waals surface area (Å²) >= 11 is 3.53. The second kappa shape index (κ2) is 11.6. The molecule has 1 fully saturated rings. The Morgan fingerprint density at radius 3 is 2.62 bits per heavy atom. The topological polar surface area (TPSA) is 83.1 Å². The molecule has 8 heteroatoms. The van der Waals surface area contributed by atoms with Crippen LogP contribution in [0, 0.1) is 3.57 Å². The van der Waals surface area contributed by atoms with E-state index in [1.54, 1.807) is 12.1 Å². The molecule has 1 aromatic heterocycles. The lowest BCUT2D eigenvalue weighted by molar-refractivity contribution is -0.120. The number of hydrogen-bond donors (Lipinski definition) is 3. The summed E-state index contributed by atoms with van der Waals surface area (Å²) in [7, 11) is 0. The molecule has 0 atom stereocenters. The molecule has 2 amide bonds. The van der Waals surface area contributed by atoms with Crippen molar-refractivity contribution in [3.05, 3.63) is 44.5 Å². The minimum Gasteiger partial charge on any atom is -0.356 e. The monoisotopic (exact) mass is 526 g/mol. The Labute approximate surface area is 189 Å². The molecule has 0 bridgehead atoms. The van der Waals surface area contributed by atoms with Gasteiger partial charge in [-0.25, -0.2) is 4.98 Å². The van der Waals surface area contributed by atoms with Crippen LogP contribution in [0.25, 0.3) is 0 Å². The van der Waals surface area contributed by atoms with Crippen LogP contribution in [0.15, 0.2) is 29.6 Å². The van der Waals surface area contributed by atoms with E-state index in [1.165, 1.54) is 43.4 Å². The van der Waals surface area contributed by atoms with Crippen molar-refractivity contribution in [2.45, 2.75) is 51.0 Å². The fourth-order valence-corrected chi connectivity index (χ4v) is 4.44. The quantitative estimate of drug-likeness (QED) is 0.341. The van der Waals surface area contributed by atoms with Gasteiger partial charge in [0.1, 0.15) is 0 Å². The number of thiazole rings is 1. The summed E-state index contributed by atoms with van der Waals surface area (Å²) in [5.74, 6) is -0.235. The third-order valence-corrected chi connectivity index (χ3v) is 6.46. The first-order chi connectivity index (χ1) is 14.1. The zero-order chi connectivity index (χ0) is 20.5. The van der Waals surface area contributed by atoms with Crippen LogP contribution in [-0.4, -0.2) is 35.9 Å². The van der Waals surface area contributed by atoms with Gasteiger partial charge < -0.3 is 10.6 Å². The highest BCUT2D eigenvalue weighted by Gasteiger charge is 2.13. The molecule has 3 rings (SSSR count). The Bertz CT molecular complexity index is 803. The summed E-state index contributed by atoms with van der Waals surface area (Å²) in [5, 5.41) is 11.6. The first-order valence-electron chi connectivity index (χ1n) is 10.1. The van der Waals surface area contributed by atoms with Crippen LogP contribution in [0.4, 0.5) is 5.13 Å². The number of carbonyl (C=O) groups is 2. The predicted molar refractivity (Wildman–Crippen MR) is 125 cm³/mol. The highest BCUT2D eigenvalue weighted by molar-refractivity contribution is 14.1. The van der Waals surface area contributed by atoms with Crippen LogP contribution in [-0.2, 0) is 11.2 Å². The molecule has 0 aliphatic heterocycles. The second-order valence-corrected chi connectivity index (χ2v) is 9.38. The number of hydrogen-bond acceptors (Lipinski definition) is 5. The number of anilines is 1. The van der Waals surface area contributed by atoms with Gasteiger partial charge in [-0.15, -0.1) is 11.3 Å². The van der Waals surface area contributed by atoms with E-state index < -0.39 is 0 Å². The van der Waals surface area contributed by atoms with Gasteiger partial charge in [0.05, 0.1) is 12.1 Å². The van der Waals surface area contributed by atoms with Gasteiger partial charge in [0.2, 0.25) is 5.91 Å². The fourth-order valence-electron chi connectivity index (χ4n) is 3.37. The van der Waals surface area contributed by atoms with Crippen molar-refractivity contribution < 1.29 is 9.59 Å². The molecule has 29 heavy (non-hydrogen) atoms. The Hall–Kier alpha value is -1.52. The van der Waals surface area contributed by atoms with E-state index in [0.29, 0.717) is 29.0 Å². The molecule has 0 radical (unpaired) electrons. The number of rotatable bonds is 9. The van der Waals surface area contributed by atoms with Crippen LogP contribution < -0.4 is 16.0 Å². The molecule has 0 unspecified atom stereocenters. The summed E-state index contributed by atoms with van der Waals surface area (Å²) in [6, 6.07) is 7.99. The van der Waals surface area contributed by atoms with Gasteiger partial charge in [0, 0.05) is 27.1 Å². The molecule has 1 aromatic carbocycles. The van der Waals surface area contributed by atoms with Gasteiger partial charge in [-0.3, -0.25) is 14.9 Å². The second-order valence-electron chi connectivity index (χ2n) is 7.27.